The zero-order chi connectivity index (χ0) is 19.0. The van der Waals surface area contributed by atoms with Crippen LogP contribution in [-0.4, -0.2) is 33.1 Å². The van der Waals surface area contributed by atoms with Crippen LogP contribution in [0.15, 0.2) is 27.5 Å². The molecule has 5 nitrogen and oxygen atoms in total. The van der Waals surface area contributed by atoms with Crippen LogP contribution in [0.1, 0.15) is 28.2 Å². The summed E-state index contributed by atoms with van der Waals surface area (Å²) in [4.78, 5) is 24.0. The highest BCUT2D eigenvalue weighted by atomic mass is 79.9. The van der Waals surface area contributed by atoms with Crippen LogP contribution in [0, 0.1) is 5.82 Å². The highest BCUT2D eigenvalue weighted by molar-refractivity contribution is 9.10. The van der Waals surface area contributed by atoms with E-state index in [0.717, 1.165) is 39.5 Å². The number of nitrogens with one attached hydrogen (secondary N) is 1. The predicted molar refractivity (Wildman–Crippen MR) is 108 cm³/mol. The number of thiophene rings is 1. The van der Waals surface area contributed by atoms with Gasteiger partial charge in [-0.3, -0.25) is 9.69 Å². The fourth-order valence-corrected chi connectivity index (χ4v) is 5.28. The van der Waals surface area contributed by atoms with E-state index in [2.05, 4.69) is 25.9 Å². The number of fused-ring (bicyclic) bond motifs is 3. The average molecular weight is 452 g/mol. The summed E-state index contributed by atoms with van der Waals surface area (Å²) in [7, 11) is 0. The van der Waals surface area contributed by atoms with Crippen LogP contribution in [0.25, 0.3) is 10.2 Å². The lowest BCUT2D eigenvalue weighted by Gasteiger charge is -2.21. The van der Waals surface area contributed by atoms with E-state index in [1.807, 2.05) is 4.90 Å². The third-order valence-corrected chi connectivity index (χ3v) is 6.49. The number of nitrogens with zero attached hydrogens (tertiary/aromatic N) is 2. The smallest absolute Gasteiger partial charge is 0.259 e. The summed E-state index contributed by atoms with van der Waals surface area (Å²) in [6.45, 7) is 0.943. The molecule has 3 aromatic rings. The van der Waals surface area contributed by atoms with E-state index >= 15 is 0 Å². The first-order valence-electron chi connectivity index (χ1n) is 8.85. The minimum atomic E-state index is -0.298. The SMILES string of the molecule is O=c1[nH]c(CN(CCO)Cc2cc(Br)ccc2F)nc2sc3c(c12)CCC3. The number of aliphatic hydroxyl groups is 1. The second-order valence-corrected chi connectivity index (χ2v) is 8.72. The molecule has 1 aliphatic carbocycles. The molecule has 0 saturated heterocycles. The van der Waals surface area contributed by atoms with Crippen molar-refractivity contribution in [3.05, 3.63) is 60.7 Å². The summed E-state index contributed by atoms with van der Waals surface area (Å²) in [5.41, 5.74) is 1.57. The Morgan fingerprint density at radius 3 is 3.00 bits per heavy atom. The molecule has 4 rings (SSSR count). The molecule has 2 heterocycles. The quantitative estimate of drug-likeness (QED) is 0.602. The zero-order valence-electron chi connectivity index (χ0n) is 14.6. The van der Waals surface area contributed by atoms with E-state index in [9.17, 15) is 14.3 Å². The number of benzene rings is 1. The number of aryl methyl sites for hydroxylation is 2. The molecular weight excluding hydrogens is 433 g/mol. The van der Waals surface area contributed by atoms with Gasteiger partial charge >= 0.3 is 0 Å². The van der Waals surface area contributed by atoms with Crippen LogP contribution in [0.5, 0.6) is 0 Å². The maximum atomic E-state index is 14.1. The Labute approximate surface area is 168 Å². The Bertz CT molecular complexity index is 1050. The summed E-state index contributed by atoms with van der Waals surface area (Å²) >= 11 is 4.96. The van der Waals surface area contributed by atoms with Crippen molar-refractivity contribution in [3.63, 3.8) is 0 Å². The molecule has 0 saturated carbocycles. The number of hydrogen-bond acceptors (Lipinski definition) is 5. The Morgan fingerprint density at radius 2 is 2.19 bits per heavy atom. The van der Waals surface area contributed by atoms with Gasteiger partial charge in [-0.2, -0.15) is 0 Å². The van der Waals surface area contributed by atoms with Gasteiger partial charge in [-0.15, -0.1) is 11.3 Å². The third kappa shape index (κ3) is 3.85. The Hall–Kier alpha value is -1.61. The van der Waals surface area contributed by atoms with Gasteiger partial charge in [0.25, 0.3) is 5.56 Å². The predicted octanol–water partition coefficient (Wildman–Crippen LogP) is 3.37. The van der Waals surface area contributed by atoms with Crippen LogP contribution in [-0.2, 0) is 25.9 Å². The summed E-state index contributed by atoms with van der Waals surface area (Å²) in [5.74, 6) is 0.240. The molecule has 1 aliphatic rings. The van der Waals surface area contributed by atoms with E-state index < -0.39 is 0 Å². The number of H-pyrrole nitrogens is 1. The van der Waals surface area contributed by atoms with Crippen molar-refractivity contribution in [2.24, 2.45) is 0 Å². The Kier molecular flexibility index (Phi) is 5.41. The number of aromatic amines is 1. The van der Waals surface area contributed by atoms with Crippen molar-refractivity contribution in [2.45, 2.75) is 32.4 Å². The summed E-state index contributed by atoms with van der Waals surface area (Å²) in [5, 5.41) is 10.1. The van der Waals surface area contributed by atoms with Gasteiger partial charge in [-0.1, -0.05) is 15.9 Å². The largest absolute Gasteiger partial charge is 0.395 e. The molecular formula is C19H19BrFN3O2S. The topological polar surface area (TPSA) is 69.2 Å². The van der Waals surface area contributed by atoms with Crippen molar-refractivity contribution in [3.8, 4) is 0 Å². The number of rotatable bonds is 6. The zero-order valence-corrected chi connectivity index (χ0v) is 17.0. The molecule has 0 unspecified atom stereocenters. The van der Waals surface area contributed by atoms with Gasteiger partial charge in [0.1, 0.15) is 16.5 Å². The minimum Gasteiger partial charge on any atom is -0.395 e. The molecule has 2 N–H and O–H groups in total. The highest BCUT2D eigenvalue weighted by Gasteiger charge is 2.21. The average Bonchev–Trinajstić information content (AvgIpc) is 3.19. The van der Waals surface area contributed by atoms with E-state index in [0.29, 0.717) is 31.0 Å². The molecule has 142 valence electrons. The van der Waals surface area contributed by atoms with E-state index in [-0.39, 0.29) is 18.0 Å². The van der Waals surface area contributed by atoms with Crippen LogP contribution < -0.4 is 5.56 Å². The van der Waals surface area contributed by atoms with Crippen molar-refractivity contribution in [1.82, 2.24) is 14.9 Å². The van der Waals surface area contributed by atoms with Gasteiger partial charge in [0.2, 0.25) is 0 Å². The van der Waals surface area contributed by atoms with Crippen molar-refractivity contribution in [2.75, 3.05) is 13.2 Å². The molecule has 0 bridgehead atoms. The number of halogens is 2. The molecule has 0 aliphatic heterocycles. The molecule has 0 spiro atoms. The lowest BCUT2D eigenvalue weighted by Crippen LogP contribution is -2.28. The van der Waals surface area contributed by atoms with Crippen LogP contribution >= 0.6 is 27.3 Å². The lowest BCUT2D eigenvalue weighted by molar-refractivity contribution is 0.179. The van der Waals surface area contributed by atoms with Gasteiger partial charge in [-0.25, -0.2) is 9.37 Å². The molecule has 0 atom stereocenters. The monoisotopic (exact) mass is 451 g/mol. The molecule has 27 heavy (non-hydrogen) atoms. The maximum absolute atomic E-state index is 14.1. The fourth-order valence-electron chi connectivity index (χ4n) is 3.59. The van der Waals surface area contributed by atoms with Gasteiger partial charge in [-0.05, 0) is 43.0 Å². The molecule has 0 fully saturated rings. The second kappa shape index (κ2) is 7.79. The van der Waals surface area contributed by atoms with E-state index in [1.165, 1.54) is 10.9 Å². The first-order valence-corrected chi connectivity index (χ1v) is 10.5. The molecule has 0 radical (unpaired) electrons. The first kappa shape index (κ1) is 18.7. The number of aliphatic hydroxyl groups excluding tert-OH is 1. The number of hydrogen-bond donors (Lipinski definition) is 2. The van der Waals surface area contributed by atoms with Crippen LogP contribution in [0.2, 0.25) is 0 Å². The molecule has 8 heteroatoms. The molecule has 2 aromatic heterocycles. The Balaban J connectivity index is 1.62. The maximum Gasteiger partial charge on any atom is 0.259 e. The van der Waals surface area contributed by atoms with Crippen molar-refractivity contribution in [1.29, 1.82) is 0 Å². The van der Waals surface area contributed by atoms with Gasteiger partial charge in [0.15, 0.2) is 0 Å². The Morgan fingerprint density at radius 1 is 1.33 bits per heavy atom. The summed E-state index contributed by atoms with van der Waals surface area (Å²) in [6, 6.07) is 4.79. The van der Waals surface area contributed by atoms with Gasteiger partial charge in [0.05, 0.1) is 18.5 Å². The van der Waals surface area contributed by atoms with Gasteiger partial charge in [0, 0.05) is 28.0 Å². The van der Waals surface area contributed by atoms with E-state index in [1.54, 1.807) is 23.5 Å². The second-order valence-electron chi connectivity index (χ2n) is 6.72. The lowest BCUT2D eigenvalue weighted by atomic mass is 10.2. The standard InChI is InChI=1S/C19H19BrFN3O2S/c20-12-4-5-14(21)11(8-12)9-24(6-7-25)10-16-22-18(26)17-13-2-1-3-15(13)27-19(17)23-16/h4-5,8,25H,1-3,6-7,9-10H2,(H,22,23,26). The van der Waals surface area contributed by atoms with E-state index in [4.69, 9.17) is 0 Å². The molecule has 1 aromatic carbocycles. The number of aromatic nitrogens is 2. The van der Waals surface area contributed by atoms with Crippen LogP contribution in [0.4, 0.5) is 4.39 Å². The normalized spacial score (nSPS) is 13.6. The molecule has 0 amide bonds. The van der Waals surface area contributed by atoms with Crippen molar-refractivity contribution < 1.29 is 9.50 Å². The minimum absolute atomic E-state index is 0.0601. The first-order chi connectivity index (χ1) is 13.0. The third-order valence-electron chi connectivity index (χ3n) is 4.82. The summed E-state index contributed by atoms with van der Waals surface area (Å²) < 4.78 is 14.9. The van der Waals surface area contributed by atoms with Gasteiger partial charge < -0.3 is 10.1 Å². The summed E-state index contributed by atoms with van der Waals surface area (Å²) in [6.07, 6.45) is 3.06. The highest BCUT2D eigenvalue weighted by Crippen LogP contribution is 2.34. The fraction of sp³-hybridized carbons (Fsp3) is 0.368. The van der Waals surface area contributed by atoms with Crippen molar-refractivity contribution >= 4 is 37.5 Å². The van der Waals surface area contributed by atoms with Crippen LogP contribution in [0.3, 0.4) is 0 Å².